The fourth-order valence-corrected chi connectivity index (χ4v) is 3.26. The molecule has 1 N–H and O–H groups in total. The third-order valence-electron chi connectivity index (χ3n) is 4.72. The van der Waals surface area contributed by atoms with Crippen LogP contribution in [-0.4, -0.2) is 25.1 Å². The van der Waals surface area contributed by atoms with Gasteiger partial charge < -0.3 is 19.4 Å². The number of fused-ring (bicyclic) bond motifs is 1. The van der Waals surface area contributed by atoms with Crippen LogP contribution in [0.4, 0.5) is 5.69 Å². The van der Waals surface area contributed by atoms with Gasteiger partial charge in [0.2, 0.25) is 5.91 Å². The van der Waals surface area contributed by atoms with Gasteiger partial charge in [-0.25, -0.2) is 0 Å². The van der Waals surface area contributed by atoms with Crippen LogP contribution in [0.2, 0.25) is 0 Å². The van der Waals surface area contributed by atoms with Crippen molar-refractivity contribution < 1.29 is 14.3 Å². The number of carbonyl (C=O) groups is 1. The van der Waals surface area contributed by atoms with Gasteiger partial charge in [-0.05, 0) is 41.6 Å². The molecule has 1 amide bonds. The molecule has 0 bridgehead atoms. The van der Waals surface area contributed by atoms with Crippen LogP contribution >= 0.6 is 0 Å². The van der Waals surface area contributed by atoms with Crippen LogP contribution < -0.4 is 19.9 Å². The van der Waals surface area contributed by atoms with Gasteiger partial charge in [-0.15, -0.1) is 0 Å². The minimum Gasteiger partial charge on any atom is -0.497 e. The molecule has 3 aromatic rings. The number of hydrogen-bond acceptors (Lipinski definition) is 4. The van der Waals surface area contributed by atoms with Gasteiger partial charge in [-0.1, -0.05) is 26.0 Å². The molecule has 0 atom stereocenters. The zero-order chi connectivity index (χ0) is 21.0. The molecule has 6 nitrogen and oxygen atoms in total. The number of aromatic amines is 1. The van der Waals surface area contributed by atoms with Crippen molar-refractivity contribution in [3.8, 4) is 11.5 Å². The van der Waals surface area contributed by atoms with Crippen molar-refractivity contribution in [3.05, 3.63) is 64.4 Å². The van der Waals surface area contributed by atoms with Crippen molar-refractivity contribution in [2.24, 2.45) is 5.92 Å². The number of nitrogens with zero attached hydrogens (tertiary/aromatic N) is 1. The maximum atomic E-state index is 13.0. The van der Waals surface area contributed by atoms with Crippen molar-refractivity contribution in [1.82, 2.24) is 4.98 Å². The van der Waals surface area contributed by atoms with Crippen LogP contribution in [0.1, 0.15) is 25.8 Å². The number of para-hydroxylation sites is 2. The molecule has 0 aliphatic rings. The molecular formula is C23H26N2O4. The molecule has 0 unspecified atom stereocenters. The lowest BCUT2D eigenvalue weighted by Gasteiger charge is -2.25. The first-order valence-corrected chi connectivity index (χ1v) is 9.56. The van der Waals surface area contributed by atoms with Gasteiger partial charge in [-0.2, -0.15) is 0 Å². The first kappa shape index (κ1) is 20.5. The van der Waals surface area contributed by atoms with E-state index in [4.69, 9.17) is 9.47 Å². The van der Waals surface area contributed by atoms with E-state index in [1.165, 1.54) is 0 Å². The number of pyridine rings is 1. The van der Waals surface area contributed by atoms with Crippen molar-refractivity contribution >= 4 is 22.5 Å². The first-order chi connectivity index (χ1) is 13.9. The number of ether oxygens (including phenoxy) is 2. The molecule has 29 heavy (non-hydrogen) atoms. The second-order valence-electron chi connectivity index (χ2n) is 7.33. The van der Waals surface area contributed by atoms with Crippen LogP contribution in [-0.2, 0) is 11.3 Å². The minimum atomic E-state index is -0.233. The van der Waals surface area contributed by atoms with Crippen LogP contribution in [0.5, 0.6) is 11.5 Å². The predicted molar refractivity (Wildman–Crippen MR) is 115 cm³/mol. The molecule has 0 radical (unpaired) electrons. The molecule has 2 aromatic carbocycles. The SMILES string of the molecule is COc1ccc2cc(CN(C(=O)CC(C)C)c3ccccc3OC)c(=O)[nH]c2c1. The Balaban J connectivity index is 2.04. The third-order valence-corrected chi connectivity index (χ3v) is 4.72. The molecule has 0 aliphatic heterocycles. The molecule has 1 aromatic heterocycles. The second-order valence-corrected chi connectivity index (χ2v) is 7.33. The normalized spacial score (nSPS) is 10.9. The fourth-order valence-electron chi connectivity index (χ4n) is 3.26. The van der Waals surface area contributed by atoms with Crippen LogP contribution in [0.25, 0.3) is 10.9 Å². The summed E-state index contributed by atoms with van der Waals surface area (Å²) in [7, 11) is 3.15. The van der Waals surface area contributed by atoms with Crippen molar-refractivity contribution in [2.75, 3.05) is 19.1 Å². The van der Waals surface area contributed by atoms with Crippen molar-refractivity contribution in [2.45, 2.75) is 26.8 Å². The summed E-state index contributed by atoms with van der Waals surface area (Å²) < 4.78 is 10.7. The topological polar surface area (TPSA) is 71.6 Å². The van der Waals surface area contributed by atoms with E-state index in [9.17, 15) is 9.59 Å². The number of methoxy groups -OCH3 is 2. The third kappa shape index (κ3) is 4.59. The molecule has 0 saturated carbocycles. The Hall–Kier alpha value is -3.28. The van der Waals surface area contributed by atoms with Gasteiger partial charge in [0.25, 0.3) is 5.56 Å². The maximum absolute atomic E-state index is 13.0. The number of anilines is 1. The van der Waals surface area contributed by atoms with Crippen LogP contribution in [0.3, 0.4) is 0 Å². The summed E-state index contributed by atoms with van der Waals surface area (Å²) in [6, 6.07) is 14.7. The number of carbonyl (C=O) groups excluding carboxylic acids is 1. The number of aromatic nitrogens is 1. The monoisotopic (exact) mass is 394 g/mol. The number of H-pyrrole nitrogens is 1. The lowest BCUT2D eigenvalue weighted by molar-refractivity contribution is -0.119. The van der Waals surface area contributed by atoms with E-state index < -0.39 is 0 Å². The number of hydrogen-bond donors (Lipinski definition) is 1. The van der Waals surface area contributed by atoms with Gasteiger partial charge in [0.05, 0.1) is 32.0 Å². The second kappa shape index (κ2) is 8.82. The quantitative estimate of drug-likeness (QED) is 0.654. The van der Waals surface area contributed by atoms with Gasteiger partial charge in [0.15, 0.2) is 0 Å². The lowest BCUT2D eigenvalue weighted by atomic mass is 10.1. The van der Waals surface area contributed by atoms with Crippen LogP contribution in [0, 0.1) is 5.92 Å². The maximum Gasteiger partial charge on any atom is 0.253 e. The first-order valence-electron chi connectivity index (χ1n) is 9.56. The van der Waals surface area contributed by atoms with Gasteiger partial charge in [0, 0.05) is 18.1 Å². The Morgan fingerprint density at radius 2 is 1.83 bits per heavy atom. The summed E-state index contributed by atoms with van der Waals surface area (Å²) in [6.07, 6.45) is 0.376. The summed E-state index contributed by atoms with van der Waals surface area (Å²) in [5.41, 5.74) is 1.61. The molecule has 0 aliphatic carbocycles. The van der Waals surface area contributed by atoms with Gasteiger partial charge >= 0.3 is 0 Å². The highest BCUT2D eigenvalue weighted by atomic mass is 16.5. The summed E-state index contributed by atoms with van der Waals surface area (Å²) >= 11 is 0. The molecule has 0 spiro atoms. The van der Waals surface area contributed by atoms with Gasteiger partial charge in [0.1, 0.15) is 11.5 Å². The van der Waals surface area contributed by atoms with Crippen molar-refractivity contribution in [3.63, 3.8) is 0 Å². The van der Waals surface area contributed by atoms with Gasteiger partial charge in [-0.3, -0.25) is 9.59 Å². The highest BCUT2D eigenvalue weighted by Gasteiger charge is 2.22. The zero-order valence-corrected chi connectivity index (χ0v) is 17.2. The lowest BCUT2D eigenvalue weighted by Crippen LogP contribution is -2.33. The molecule has 3 rings (SSSR count). The molecular weight excluding hydrogens is 368 g/mol. The average molecular weight is 394 g/mol. The fraction of sp³-hybridized carbons (Fsp3) is 0.304. The van der Waals surface area contributed by atoms with E-state index in [-0.39, 0.29) is 23.9 Å². The minimum absolute atomic E-state index is 0.0567. The number of nitrogens with one attached hydrogen (secondary N) is 1. The largest absolute Gasteiger partial charge is 0.497 e. The Labute approximate surface area is 170 Å². The van der Waals surface area contributed by atoms with E-state index in [1.54, 1.807) is 25.2 Å². The van der Waals surface area contributed by atoms with E-state index in [1.807, 2.05) is 56.3 Å². The number of benzene rings is 2. The molecule has 6 heteroatoms. The standard InChI is InChI=1S/C23H26N2O4/c1-15(2)11-22(26)25(20-7-5-6-8-21(20)29-4)14-17-12-16-9-10-18(28-3)13-19(16)24-23(17)27/h5-10,12-13,15H,11,14H2,1-4H3,(H,24,27). The Bertz CT molecular complexity index is 1070. The van der Waals surface area contributed by atoms with E-state index >= 15 is 0 Å². The summed E-state index contributed by atoms with van der Waals surface area (Å²) in [4.78, 5) is 30.3. The van der Waals surface area contributed by atoms with E-state index in [0.717, 1.165) is 5.39 Å². The molecule has 0 saturated heterocycles. The Morgan fingerprint density at radius 1 is 1.07 bits per heavy atom. The average Bonchev–Trinajstić information content (AvgIpc) is 2.71. The smallest absolute Gasteiger partial charge is 0.253 e. The zero-order valence-electron chi connectivity index (χ0n) is 17.2. The molecule has 152 valence electrons. The summed E-state index contributed by atoms with van der Waals surface area (Å²) in [5, 5.41) is 0.872. The van der Waals surface area contributed by atoms with E-state index in [0.29, 0.717) is 34.7 Å². The Kier molecular flexibility index (Phi) is 6.22. The summed E-state index contributed by atoms with van der Waals surface area (Å²) in [5.74, 6) is 1.40. The van der Waals surface area contributed by atoms with E-state index in [2.05, 4.69) is 4.98 Å². The summed E-state index contributed by atoms with van der Waals surface area (Å²) in [6.45, 7) is 4.15. The Morgan fingerprint density at radius 3 is 2.52 bits per heavy atom. The van der Waals surface area contributed by atoms with Crippen molar-refractivity contribution in [1.29, 1.82) is 0 Å². The molecule has 0 fully saturated rings. The predicted octanol–water partition coefficient (Wildman–Crippen LogP) is 4.12. The highest BCUT2D eigenvalue weighted by molar-refractivity contribution is 5.95. The van der Waals surface area contributed by atoms with Crippen LogP contribution in [0.15, 0.2) is 53.3 Å². The molecule has 1 heterocycles. The highest BCUT2D eigenvalue weighted by Crippen LogP contribution is 2.30. The number of rotatable bonds is 7. The number of amides is 1.